The Bertz CT molecular complexity index is 1310. The highest BCUT2D eigenvalue weighted by molar-refractivity contribution is 5.97. The molecule has 13 atom stereocenters. The molecule has 10 nitrogen and oxygen atoms in total. The van der Waals surface area contributed by atoms with E-state index >= 15 is 0 Å². The number of Topliss-reactive ketones (excluding diaryl/α,β-unsaturated/α-hetero) is 2. The van der Waals surface area contributed by atoms with Crippen LogP contribution in [0.25, 0.3) is 0 Å². The van der Waals surface area contributed by atoms with Gasteiger partial charge in [-0.3, -0.25) is 19.2 Å². The highest BCUT2D eigenvalue weighted by atomic mass is 16.7. The number of aliphatic hydroxyl groups excluding tert-OH is 1. The Morgan fingerprint density at radius 2 is 1.73 bits per heavy atom. The van der Waals surface area contributed by atoms with Gasteiger partial charge in [-0.25, -0.2) is 0 Å². The number of esters is 2. The lowest BCUT2D eigenvalue weighted by Crippen LogP contribution is -2.84. The zero-order valence-corrected chi connectivity index (χ0v) is 23.4. The molecule has 0 amide bonds. The average molecular weight is 557 g/mol. The number of ketones is 2. The predicted octanol–water partition coefficient (Wildman–Crippen LogP) is 2.56. The molecule has 1 N–H and O–H groups in total. The van der Waals surface area contributed by atoms with Gasteiger partial charge in [-0.2, -0.15) is 0 Å². The summed E-state index contributed by atoms with van der Waals surface area (Å²) in [4.78, 5) is 53.6. The zero-order valence-electron chi connectivity index (χ0n) is 23.4. The maximum absolute atomic E-state index is 15.0. The first kappa shape index (κ1) is 26.3. The minimum atomic E-state index is -1.21. The third kappa shape index (κ3) is 2.80. The molecule has 10 heteroatoms. The molecule has 4 bridgehead atoms. The van der Waals surface area contributed by atoms with Gasteiger partial charge in [-0.1, -0.05) is 20.8 Å². The number of hydrogen-bond acceptors (Lipinski definition) is 10. The monoisotopic (exact) mass is 556 g/mol. The van der Waals surface area contributed by atoms with Gasteiger partial charge in [0, 0.05) is 60.7 Å². The van der Waals surface area contributed by atoms with E-state index in [4.69, 9.17) is 23.4 Å². The van der Waals surface area contributed by atoms with E-state index in [1.165, 1.54) is 20.1 Å². The van der Waals surface area contributed by atoms with Crippen LogP contribution in [0.15, 0.2) is 23.0 Å². The van der Waals surface area contributed by atoms with E-state index < -0.39 is 82.1 Å². The lowest BCUT2D eigenvalue weighted by atomic mass is 9.33. The number of aliphatic hydroxyl groups is 1. The minimum Gasteiger partial charge on any atom is -0.472 e. The second kappa shape index (κ2) is 8.04. The van der Waals surface area contributed by atoms with Crippen molar-refractivity contribution in [1.82, 2.24) is 0 Å². The molecule has 9 rings (SSSR count). The molecule has 0 aromatic carbocycles. The Balaban J connectivity index is 1.42. The predicted molar refractivity (Wildman–Crippen MR) is 134 cm³/mol. The smallest absolute Gasteiger partial charge is 0.303 e. The maximum Gasteiger partial charge on any atom is 0.303 e. The van der Waals surface area contributed by atoms with E-state index in [1.807, 2.05) is 20.8 Å². The van der Waals surface area contributed by atoms with Crippen LogP contribution in [0.3, 0.4) is 0 Å². The quantitative estimate of drug-likeness (QED) is 0.553. The van der Waals surface area contributed by atoms with E-state index in [-0.39, 0.29) is 30.5 Å². The fourth-order valence-corrected chi connectivity index (χ4v) is 10.8. The van der Waals surface area contributed by atoms with E-state index in [2.05, 4.69) is 0 Å². The summed E-state index contributed by atoms with van der Waals surface area (Å²) in [6.07, 6.45) is 0.0572. The first-order valence-electron chi connectivity index (χ1n) is 14.2. The molecule has 1 spiro atoms. The Hall–Kier alpha value is -2.56. The Morgan fingerprint density at radius 1 is 1.00 bits per heavy atom. The molecule has 216 valence electrons. The lowest BCUT2D eigenvalue weighted by molar-refractivity contribution is -0.451. The van der Waals surface area contributed by atoms with E-state index in [1.54, 1.807) is 12.3 Å². The normalized spacial score (nSPS) is 52.1. The standard InChI is InChI=1S/C30H36O10/c1-13(31)38-20-10-21-30-12-37-26(40-21)28(20,4)18(30)9-19(34)29(5)23-17(33)8-16(15-6-7-36-11-15)27(23,3)25(39-14(2)32)22(35)24(29)30/h6-7,11,16,18-21,23-26,34H,8-10,12H2,1-5H3. The molecular formula is C30H36O10. The highest BCUT2D eigenvalue weighted by Crippen LogP contribution is 2.77. The Kier molecular flexibility index (Phi) is 5.30. The molecule has 13 unspecified atom stereocenters. The van der Waals surface area contributed by atoms with Gasteiger partial charge in [-0.15, -0.1) is 0 Å². The second-order valence-electron chi connectivity index (χ2n) is 13.7. The van der Waals surface area contributed by atoms with Gasteiger partial charge < -0.3 is 28.5 Å². The lowest BCUT2D eigenvalue weighted by Gasteiger charge is -2.76. The number of carbonyl (C=O) groups excluding carboxylic acids is 4. The van der Waals surface area contributed by atoms with Gasteiger partial charge in [0.05, 0.1) is 36.8 Å². The molecule has 4 aliphatic carbocycles. The topological polar surface area (TPSA) is 139 Å². The number of rotatable bonds is 3. The maximum atomic E-state index is 15.0. The van der Waals surface area contributed by atoms with Gasteiger partial charge in [0.15, 0.2) is 18.2 Å². The summed E-state index contributed by atoms with van der Waals surface area (Å²) in [5.74, 6) is -3.77. The van der Waals surface area contributed by atoms with E-state index in [0.29, 0.717) is 12.8 Å². The molecule has 4 aliphatic heterocycles. The van der Waals surface area contributed by atoms with Crippen LogP contribution in [0.4, 0.5) is 0 Å². The van der Waals surface area contributed by atoms with E-state index in [9.17, 15) is 24.3 Å². The zero-order chi connectivity index (χ0) is 28.6. The number of carbonyl (C=O) groups is 4. The van der Waals surface area contributed by atoms with Gasteiger partial charge in [-0.05, 0) is 24.0 Å². The van der Waals surface area contributed by atoms with E-state index in [0.717, 1.165) is 5.56 Å². The van der Waals surface area contributed by atoms with Crippen molar-refractivity contribution in [2.45, 2.75) is 90.5 Å². The van der Waals surface area contributed by atoms with Crippen molar-refractivity contribution in [2.24, 2.45) is 39.4 Å². The van der Waals surface area contributed by atoms with Crippen molar-refractivity contribution < 1.29 is 47.6 Å². The summed E-state index contributed by atoms with van der Waals surface area (Å²) < 4.78 is 29.7. The summed E-state index contributed by atoms with van der Waals surface area (Å²) in [6.45, 7) is 8.50. The number of ether oxygens (including phenoxy) is 4. The van der Waals surface area contributed by atoms with Crippen molar-refractivity contribution in [1.29, 1.82) is 0 Å². The molecule has 4 saturated carbocycles. The van der Waals surface area contributed by atoms with Crippen LogP contribution < -0.4 is 0 Å². The molecule has 8 aliphatic rings. The number of hydrogen-bond donors (Lipinski definition) is 1. The van der Waals surface area contributed by atoms with Gasteiger partial charge in [0.1, 0.15) is 11.9 Å². The third-order valence-electron chi connectivity index (χ3n) is 12.1. The summed E-state index contributed by atoms with van der Waals surface area (Å²) >= 11 is 0. The molecule has 5 heterocycles. The number of furan rings is 1. The van der Waals surface area contributed by atoms with Crippen LogP contribution in [-0.2, 0) is 38.1 Å². The molecule has 0 radical (unpaired) electrons. The van der Waals surface area contributed by atoms with Gasteiger partial charge in [0.25, 0.3) is 0 Å². The van der Waals surface area contributed by atoms with Crippen LogP contribution in [0.5, 0.6) is 0 Å². The largest absolute Gasteiger partial charge is 0.472 e. The molecule has 8 fully saturated rings. The first-order chi connectivity index (χ1) is 18.8. The van der Waals surface area contributed by atoms with Gasteiger partial charge in [0.2, 0.25) is 0 Å². The number of fused-ring (bicyclic) bond motifs is 5. The summed E-state index contributed by atoms with van der Waals surface area (Å²) in [6, 6.07) is 1.78. The highest BCUT2D eigenvalue weighted by Gasteiger charge is 2.84. The molecule has 40 heavy (non-hydrogen) atoms. The summed E-state index contributed by atoms with van der Waals surface area (Å²) in [5.41, 5.74) is -3.21. The summed E-state index contributed by atoms with van der Waals surface area (Å²) in [5, 5.41) is 12.1. The summed E-state index contributed by atoms with van der Waals surface area (Å²) in [7, 11) is 0. The first-order valence-corrected chi connectivity index (χ1v) is 14.2. The van der Waals surface area contributed by atoms with Crippen molar-refractivity contribution in [2.75, 3.05) is 6.61 Å². The van der Waals surface area contributed by atoms with Gasteiger partial charge >= 0.3 is 11.9 Å². The van der Waals surface area contributed by atoms with Crippen LogP contribution in [-0.4, -0.2) is 65.9 Å². The molecule has 1 aromatic rings. The Morgan fingerprint density at radius 3 is 2.38 bits per heavy atom. The fraction of sp³-hybridized carbons (Fsp3) is 0.733. The average Bonchev–Trinajstić information content (AvgIpc) is 3.49. The second-order valence-corrected chi connectivity index (χ2v) is 13.7. The van der Waals surface area contributed by atoms with Crippen LogP contribution >= 0.6 is 0 Å². The van der Waals surface area contributed by atoms with Crippen molar-refractivity contribution in [3.63, 3.8) is 0 Å². The van der Waals surface area contributed by atoms with Crippen molar-refractivity contribution >= 4 is 23.5 Å². The molecule has 1 aromatic heterocycles. The van der Waals surface area contributed by atoms with Crippen molar-refractivity contribution in [3.05, 3.63) is 24.2 Å². The van der Waals surface area contributed by atoms with Crippen LogP contribution in [0.1, 0.15) is 65.4 Å². The molecule has 4 saturated heterocycles. The fourth-order valence-electron chi connectivity index (χ4n) is 10.8. The third-order valence-corrected chi connectivity index (χ3v) is 12.1. The van der Waals surface area contributed by atoms with Crippen molar-refractivity contribution in [3.8, 4) is 0 Å². The van der Waals surface area contributed by atoms with Crippen LogP contribution in [0, 0.1) is 39.4 Å². The van der Waals surface area contributed by atoms with Crippen LogP contribution in [0.2, 0.25) is 0 Å². The minimum absolute atomic E-state index is 0.0692. The molecular weight excluding hydrogens is 520 g/mol. The SMILES string of the molecule is CC(=O)OC1CC2OC3OCC24C(CC(O)C2(C)C5C(=O)CC(c6ccoc6)C5(C)C(OC(C)=O)C(=O)C24)C13C. The Labute approximate surface area is 232 Å².